The maximum atomic E-state index is 12.5. The highest BCUT2D eigenvalue weighted by molar-refractivity contribution is 5.95. The van der Waals surface area contributed by atoms with Crippen molar-refractivity contribution < 1.29 is 14.3 Å². The van der Waals surface area contributed by atoms with Gasteiger partial charge in [-0.1, -0.05) is 30.3 Å². The van der Waals surface area contributed by atoms with E-state index in [2.05, 4.69) is 16.2 Å². The lowest BCUT2D eigenvalue weighted by Gasteiger charge is -2.56. The van der Waals surface area contributed by atoms with Crippen molar-refractivity contribution in [2.24, 2.45) is 17.8 Å². The predicted octanol–water partition coefficient (Wildman–Crippen LogP) is 4.18. The lowest BCUT2D eigenvalue weighted by atomic mass is 9.53. The van der Waals surface area contributed by atoms with Crippen LogP contribution in [0.3, 0.4) is 0 Å². The quantitative estimate of drug-likeness (QED) is 0.636. The van der Waals surface area contributed by atoms with E-state index in [9.17, 15) is 9.59 Å². The van der Waals surface area contributed by atoms with Gasteiger partial charge in [-0.05, 0) is 86.1 Å². The second-order valence-electron chi connectivity index (χ2n) is 9.53. The maximum Gasteiger partial charge on any atom is 0.333 e. The average molecular weight is 420 g/mol. The van der Waals surface area contributed by atoms with E-state index in [0.717, 1.165) is 48.3 Å². The van der Waals surface area contributed by atoms with Crippen LogP contribution in [-0.4, -0.2) is 17.5 Å². The summed E-state index contributed by atoms with van der Waals surface area (Å²) in [5.74, 6) is 2.73. The zero-order chi connectivity index (χ0) is 21.3. The zero-order valence-electron chi connectivity index (χ0n) is 17.6. The molecule has 3 amide bonds. The SMILES string of the molecule is O=C(NNC(=O)c1ccc(COc2ccccc2)cc1)NC12CC3CC(CC(C3)C1)C2. The number of nitrogens with one attached hydrogen (secondary N) is 3. The van der Waals surface area contributed by atoms with Crippen LogP contribution in [0, 0.1) is 17.8 Å². The lowest BCUT2D eigenvalue weighted by molar-refractivity contribution is -0.0137. The molecule has 4 aliphatic carbocycles. The van der Waals surface area contributed by atoms with Gasteiger partial charge in [-0.3, -0.25) is 10.2 Å². The van der Waals surface area contributed by atoms with Crippen LogP contribution in [0.25, 0.3) is 0 Å². The van der Waals surface area contributed by atoms with Crippen LogP contribution in [-0.2, 0) is 6.61 Å². The highest BCUT2D eigenvalue weighted by atomic mass is 16.5. The van der Waals surface area contributed by atoms with E-state index in [0.29, 0.717) is 12.2 Å². The number of hydrogen-bond donors (Lipinski definition) is 3. The van der Waals surface area contributed by atoms with Gasteiger partial charge in [0.2, 0.25) is 0 Å². The molecule has 0 spiro atoms. The Balaban J connectivity index is 1.10. The number of benzene rings is 2. The number of urea groups is 1. The highest BCUT2D eigenvalue weighted by Gasteiger charge is 2.51. The summed E-state index contributed by atoms with van der Waals surface area (Å²) in [6.07, 6.45) is 7.20. The van der Waals surface area contributed by atoms with Gasteiger partial charge in [0.1, 0.15) is 12.4 Å². The molecule has 0 saturated heterocycles. The van der Waals surface area contributed by atoms with Crippen molar-refractivity contribution in [2.75, 3.05) is 0 Å². The number of para-hydroxylation sites is 1. The minimum Gasteiger partial charge on any atom is -0.489 e. The summed E-state index contributed by atoms with van der Waals surface area (Å²) in [7, 11) is 0. The van der Waals surface area contributed by atoms with Crippen molar-refractivity contribution in [1.29, 1.82) is 0 Å². The smallest absolute Gasteiger partial charge is 0.333 e. The zero-order valence-corrected chi connectivity index (χ0v) is 17.6. The third-order valence-corrected chi connectivity index (χ3v) is 7.07. The van der Waals surface area contributed by atoms with E-state index in [1.54, 1.807) is 12.1 Å². The number of hydrogen-bond acceptors (Lipinski definition) is 3. The summed E-state index contributed by atoms with van der Waals surface area (Å²) in [6, 6.07) is 16.5. The summed E-state index contributed by atoms with van der Waals surface area (Å²) in [5.41, 5.74) is 6.44. The van der Waals surface area contributed by atoms with E-state index in [-0.39, 0.29) is 17.5 Å². The fourth-order valence-corrected chi connectivity index (χ4v) is 6.16. The Morgan fingerprint density at radius 1 is 0.839 bits per heavy atom. The molecule has 4 saturated carbocycles. The van der Waals surface area contributed by atoms with Crippen LogP contribution >= 0.6 is 0 Å². The van der Waals surface area contributed by atoms with E-state index < -0.39 is 0 Å². The van der Waals surface area contributed by atoms with E-state index >= 15 is 0 Å². The summed E-state index contributed by atoms with van der Waals surface area (Å²) in [6.45, 7) is 0.428. The van der Waals surface area contributed by atoms with Crippen LogP contribution < -0.4 is 20.9 Å². The second kappa shape index (κ2) is 8.25. The maximum absolute atomic E-state index is 12.5. The molecule has 0 aromatic heterocycles. The van der Waals surface area contributed by atoms with Crippen LogP contribution in [0.15, 0.2) is 54.6 Å². The molecule has 4 bridgehead atoms. The average Bonchev–Trinajstić information content (AvgIpc) is 2.76. The van der Waals surface area contributed by atoms with E-state index in [1.807, 2.05) is 42.5 Å². The Morgan fingerprint density at radius 3 is 2.06 bits per heavy atom. The summed E-state index contributed by atoms with van der Waals surface area (Å²) < 4.78 is 5.72. The molecule has 6 rings (SSSR count). The molecule has 2 aromatic carbocycles. The first-order valence-corrected chi connectivity index (χ1v) is 11.2. The van der Waals surface area contributed by atoms with Crippen molar-refractivity contribution in [3.05, 3.63) is 65.7 Å². The molecule has 0 heterocycles. The van der Waals surface area contributed by atoms with Crippen molar-refractivity contribution >= 4 is 11.9 Å². The summed E-state index contributed by atoms with van der Waals surface area (Å²) in [4.78, 5) is 24.9. The predicted molar refractivity (Wildman–Crippen MR) is 117 cm³/mol. The van der Waals surface area contributed by atoms with Gasteiger partial charge in [0.25, 0.3) is 5.91 Å². The van der Waals surface area contributed by atoms with Crippen molar-refractivity contribution in [2.45, 2.75) is 50.7 Å². The highest BCUT2D eigenvalue weighted by Crippen LogP contribution is 2.55. The fourth-order valence-electron chi connectivity index (χ4n) is 6.16. The van der Waals surface area contributed by atoms with Gasteiger partial charge in [0.15, 0.2) is 0 Å². The number of hydrazine groups is 1. The van der Waals surface area contributed by atoms with Crippen molar-refractivity contribution in [3.8, 4) is 5.75 Å². The molecule has 4 aliphatic rings. The first-order chi connectivity index (χ1) is 15.1. The minimum absolute atomic E-state index is 0.0794. The Bertz CT molecular complexity index is 907. The Kier molecular flexibility index (Phi) is 5.30. The first kappa shape index (κ1) is 19.9. The lowest BCUT2D eigenvalue weighted by Crippen LogP contribution is -2.62. The molecule has 4 fully saturated rings. The second-order valence-corrected chi connectivity index (χ2v) is 9.53. The molecular formula is C25H29N3O3. The van der Waals surface area contributed by atoms with Crippen molar-refractivity contribution in [3.63, 3.8) is 0 Å². The number of ether oxygens (including phenoxy) is 1. The molecular weight excluding hydrogens is 390 g/mol. The first-order valence-electron chi connectivity index (χ1n) is 11.2. The Morgan fingerprint density at radius 2 is 1.45 bits per heavy atom. The topological polar surface area (TPSA) is 79.5 Å². The van der Waals surface area contributed by atoms with Gasteiger partial charge in [-0.2, -0.15) is 0 Å². The Labute approximate surface area is 182 Å². The van der Waals surface area contributed by atoms with Gasteiger partial charge in [-0.15, -0.1) is 0 Å². The molecule has 0 unspecified atom stereocenters. The van der Waals surface area contributed by atoms with E-state index in [1.165, 1.54) is 19.3 Å². The molecule has 31 heavy (non-hydrogen) atoms. The minimum atomic E-state index is -0.337. The van der Waals surface area contributed by atoms with Crippen LogP contribution in [0.4, 0.5) is 4.79 Å². The van der Waals surface area contributed by atoms with Gasteiger partial charge in [0.05, 0.1) is 0 Å². The fraction of sp³-hybridized carbons (Fsp3) is 0.440. The van der Waals surface area contributed by atoms with Crippen LogP contribution in [0.2, 0.25) is 0 Å². The largest absolute Gasteiger partial charge is 0.489 e. The molecule has 2 aromatic rings. The molecule has 0 aliphatic heterocycles. The number of rotatable bonds is 5. The van der Waals surface area contributed by atoms with Crippen LogP contribution in [0.5, 0.6) is 5.75 Å². The number of carbonyl (C=O) groups is 2. The molecule has 6 heteroatoms. The standard InChI is InChI=1S/C25H29N3O3/c29-23(21-8-6-17(7-9-21)16-31-22-4-2-1-3-5-22)27-28-24(30)26-25-13-18-10-19(14-25)12-20(11-18)15-25/h1-9,18-20H,10-16H2,(H,27,29)(H2,26,28,30). The monoisotopic (exact) mass is 419 g/mol. The molecule has 162 valence electrons. The number of amides is 3. The van der Waals surface area contributed by atoms with E-state index in [4.69, 9.17) is 4.74 Å². The van der Waals surface area contributed by atoms with Gasteiger partial charge < -0.3 is 10.1 Å². The van der Waals surface area contributed by atoms with Gasteiger partial charge in [0, 0.05) is 11.1 Å². The van der Waals surface area contributed by atoms with Crippen molar-refractivity contribution in [1.82, 2.24) is 16.2 Å². The number of carbonyl (C=O) groups excluding carboxylic acids is 2. The van der Waals surface area contributed by atoms with Gasteiger partial charge >= 0.3 is 6.03 Å². The Hall–Kier alpha value is -3.02. The normalized spacial score (nSPS) is 28.1. The summed E-state index contributed by atoms with van der Waals surface area (Å²) >= 11 is 0. The molecule has 6 nitrogen and oxygen atoms in total. The van der Waals surface area contributed by atoms with Gasteiger partial charge in [-0.25, -0.2) is 10.2 Å². The third-order valence-electron chi connectivity index (χ3n) is 7.07. The third kappa shape index (κ3) is 4.53. The molecule has 0 atom stereocenters. The summed E-state index contributed by atoms with van der Waals surface area (Å²) in [5, 5.41) is 3.19. The molecule has 0 radical (unpaired) electrons. The van der Waals surface area contributed by atoms with Crippen LogP contribution in [0.1, 0.15) is 54.4 Å². The molecule has 3 N–H and O–H groups in total.